The van der Waals surface area contributed by atoms with Gasteiger partial charge in [-0.25, -0.2) is 9.78 Å². The molecule has 1 saturated heterocycles. The zero-order valence-corrected chi connectivity index (χ0v) is 16.4. The minimum atomic E-state index is -0.375. The number of aryl methyl sites for hydroxylation is 1. The van der Waals surface area contributed by atoms with E-state index < -0.39 is 0 Å². The van der Waals surface area contributed by atoms with Gasteiger partial charge in [-0.1, -0.05) is 30.5 Å². The van der Waals surface area contributed by atoms with E-state index in [-0.39, 0.29) is 29.1 Å². The van der Waals surface area contributed by atoms with Gasteiger partial charge in [0, 0.05) is 24.1 Å². The average molecular weight is 392 g/mol. The molecule has 0 saturated carbocycles. The fourth-order valence-corrected chi connectivity index (χ4v) is 4.95. The Labute approximate surface area is 160 Å². The number of likely N-dealkylation sites (tertiary alicyclic amines) is 1. The maximum Gasteiger partial charge on any atom is 0.410 e. The lowest BCUT2D eigenvalue weighted by molar-refractivity contribution is -0.109. The molecule has 0 unspecified atom stereocenters. The molecular weight excluding hydrogens is 370 g/mol. The first-order chi connectivity index (χ1) is 12.5. The Morgan fingerprint density at radius 3 is 3.08 bits per heavy atom. The van der Waals surface area contributed by atoms with Crippen molar-refractivity contribution in [1.82, 2.24) is 14.3 Å². The number of thioether (sulfide) groups is 1. The van der Waals surface area contributed by atoms with Crippen LogP contribution in [0, 0.1) is 6.92 Å². The Morgan fingerprint density at radius 1 is 1.54 bits per heavy atom. The van der Waals surface area contributed by atoms with Gasteiger partial charge in [-0.2, -0.15) is 0 Å². The first-order valence-corrected chi connectivity index (χ1v) is 10.1. The third-order valence-corrected chi connectivity index (χ3v) is 6.05. The molecule has 3 rings (SSSR count). The summed E-state index contributed by atoms with van der Waals surface area (Å²) < 4.78 is 7.28. The largest absolute Gasteiger partial charge is 0.445 e. The van der Waals surface area contributed by atoms with Gasteiger partial charge >= 0.3 is 6.09 Å². The predicted molar refractivity (Wildman–Crippen MR) is 106 cm³/mol. The molecule has 0 radical (unpaired) electrons. The van der Waals surface area contributed by atoms with E-state index in [9.17, 15) is 9.59 Å². The summed E-state index contributed by atoms with van der Waals surface area (Å²) in [6.45, 7) is 7.76. The summed E-state index contributed by atoms with van der Waals surface area (Å²) in [5, 5.41) is 2.21. The van der Waals surface area contributed by atoms with Crippen LogP contribution in [0.1, 0.15) is 24.9 Å². The number of carbonyl (C=O) groups excluding carboxylic acids is 2. The Morgan fingerprint density at radius 2 is 2.35 bits per heavy atom. The maximum absolute atomic E-state index is 12.3. The summed E-state index contributed by atoms with van der Waals surface area (Å²) in [6, 6.07) is -0.108. The Balaban J connectivity index is 1.79. The third kappa shape index (κ3) is 4.02. The lowest BCUT2D eigenvalue weighted by atomic mass is 10.2. The molecule has 1 aliphatic rings. The molecule has 0 N–H and O–H groups in total. The standard InChI is InChI=1S/C18H21N3O3S2/c1-4-7-24-18(23)20-10-16(26-13(3)22)8-14(20)5-6-15-11-25-17-9-19-12(2)21(15)17/h4-6,9,11,14,16H,1,7-8,10H2,2-3H3/b6-5+/t14-,16+/m1/s1. The van der Waals surface area contributed by atoms with E-state index in [1.54, 1.807) is 29.2 Å². The van der Waals surface area contributed by atoms with Crippen LogP contribution in [0.2, 0.25) is 0 Å². The highest BCUT2D eigenvalue weighted by Gasteiger charge is 2.35. The van der Waals surface area contributed by atoms with Gasteiger partial charge < -0.3 is 9.64 Å². The highest BCUT2D eigenvalue weighted by atomic mass is 32.2. The van der Waals surface area contributed by atoms with E-state index in [4.69, 9.17) is 4.74 Å². The number of rotatable bonds is 5. The van der Waals surface area contributed by atoms with Crippen LogP contribution in [0.4, 0.5) is 4.79 Å². The minimum absolute atomic E-state index is 0.0626. The molecule has 2 atom stereocenters. The average Bonchev–Trinajstić information content (AvgIpc) is 3.27. The Bertz CT molecular complexity index is 855. The van der Waals surface area contributed by atoms with Crippen LogP contribution in [0.5, 0.6) is 0 Å². The van der Waals surface area contributed by atoms with Crippen molar-refractivity contribution in [2.75, 3.05) is 13.2 Å². The van der Waals surface area contributed by atoms with Crippen LogP contribution >= 0.6 is 23.1 Å². The quantitative estimate of drug-likeness (QED) is 0.726. The lowest BCUT2D eigenvalue weighted by Crippen LogP contribution is -2.35. The fourth-order valence-electron chi connectivity index (χ4n) is 3.07. The van der Waals surface area contributed by atoms with E-state index in [0.717, 1.165) is 22.8 Å². The molecule has 8 heteroatoms. The van der Waals surface area contributed by atoms with Gasteiger partial charge in [0.2, 0.25) is 0 Å². The van der Waals surface area contributed by atoms with Crippen molar-refractivity contribution in [3.05, 3.63) is 41.8 Å². The second-order valence-corrected chi connectivity index (χ2v) is 8.42. The van der Waals surface area contributed by atoms with Crippen LogP contribution in [0.25, 0.3) is 10.9 Å². The van der Waals surface area contributed by atoms with Crippen LogP contribution in [0.15, 0.2) is 30.3 Å². The smallest absolute Gasteiger partial charge is 0.410 e. The van der Waals surface area contributed by atoms with E-state index in [2.05, 4.69) is 21.3 Å². The van der Waals surface area contributed by atoms with Crippen LogP contribution in [0.3, 0.4) is 0 Å². The molecule has 1 aliphatic heterocycles. The van der Waals surface area contributed by atoms with Crippen LogP contribution in [-0.4, -0.2) is 49.9 Å². The highest BCUT2D eigenvalue weighted by Crippen LogP contribution is 2.30. The number of hydrogen-bond acceptors (Lipinski definition) is 6. The lowest BCUT2D eigenvalue weighted by Gasteiger charge is -2.21. The minimum Gasteiger partial charge on any atom is -0.445 e. The maximum atomic E-state index is 12.3. The SMILES string of the molecule is C=CCOC(=O)N1C[C@@H](SC(C)=O)C[C@H]1/C=C/c1csc2cnc(C)n12. The van der Waals surface area contributed by atoms with Gasteiger partial charge in [-0.05, 0) is 19.4 Å². The van der Waals surface area contributed by atoms with Crippen molar-refractivity contribution in [3.63, 3.8) is 0 Å². The second kappa shape index (κ2) is 8.09. The monoisotopic (exact) mass is 391 g/mol. The summed E-state index contributed by atoms with van der Waals surface area (Å²) in [5.74, 6) is 0.930. The molecule has 26 heavy (non-hydrogen) atoms. The van der Waals surface area contributed by atoms with Gasteiger partial charge in [0.15, 0.2) is 5.12 Å². The Kier molecular flexibility index (Phi) is 5.83. The molecule has 3 heterocycles. The van der Waals surface area contributed by atoms with Gasteiger partial charge in [-0.3, -0.25) is 9.20 Å². The van der Waals surface area contributed by atoms with Crippen molar-refractivity contribution in [1.29, 1.82) is 0 Å². The fraction of sp³-hybridized carbons (Fsp3) is 0.389. The summed E-state index contributed by atoms with van der Waals surface area (Å²) in [4.78, 5) is 30.9. The number of aromatic nitrogens is 2. The van der Waals surface area contributed by atoms with E-state index in [0.29, 0.717) is 6.54 Å². The number of thiazole rings is 1. The molecular formula is C18H21N3O3S2. The van der Waals surface area contributed by atoms with Crippen molar-refractivity contribution >= 4 is 45.2 Å². The van der Waals surface area contributed by atoms with E-state index in [1.807, 2.05) is 25.3 Å². The molecule has 6 nitrogen and oxygen atoms in total. The van der Waals surface area contributed by atoms with Gasteiger partial charge in [0.1, 0.15) is 17.3 Å². The highest BCUT2D eigenvalue weighted by molar-refractivity contribution is 8.14. The number of fused-ring (bicyclic) bond motifs is 1. The molecule has 0 aliphatic carbocycles. The predicted octanol–water partition coefficient (Wildman–Crippen LogP) is 3.76. The normalized spacial score (nSPS) is 20.2. The summed E-state index contributed by atoms with van der Waals surface area (Å²) in [7, 11) is 0. The van der Waals surface area contributed by atoms with E-state index in [1.165, 1.54) is 11.8 Å². The van der Waals surface area contributed by atoms with E-state index >= 15 is 0 Å². The molecule has 1 fully saturated rings. The second-order valence-electron chi connectivity index (χ2n) is 6.05. The number of nitrogens with zero attached hydrogens (tertiary/aromatic N) is 3. The molecule has 138 valence electrons. The summed E-state index contributed by atoms with van der Waals surface area (Å²) in [6.07, 6.45) is 7.77. The van der Waals surface area contributed by atoms with Crippen molar-refractivity contribution < 1.29 is 14.3 Å². The summed E-state index contributed by atoms with van der Waals surface area (Å²) in [5.41, 5.74) is 1.03. The van der Waals surface area contributed by atoms with Gasteiger partial charge in [0.25, 0.3) is 0 Å². The first kappa shape index (κ1) is 18.7. The zero-order chi connectivity index (χ0) is 18.7. The molecule has 0 spiro atoms. The number of imidazole rings is 1. The van der Waals surface area contributed by atoms with Gasteiger partial charge in [0.05, 0.1) is 17.9 Å². The molecule has 0 aromatic carbocycles. The number of carbonyl (C=O) groups is 2. The van der Waals surface area contributed by atoms with Crippen molar-refractivity contribution in [2.24, 2.45) is 0 Å². The molecule has 2 aromatic heterocycles. The summed E-state index contributed by atoms with van der Waals surface area (Å²) >= 11 is 2.91. The first-order valence-electron chi connectivity index (χ1n) is 8.31. The third-order valence-electron chi connectivity index (χ3n) is 4.15. The van der Waals surface area contributed by atoms with Crippen molar-refractivity contribution in [3.8, 4) is 0 Å². The molecule has 2 aromatic rings. The number of amides is 1. The Hall–Kier alpha value is -2.06. The van der Waals surface area contributed by atoms with Crippen LogP contribution < -0.4 is 0 Å². The molecule has 0 bridgehead atoms. The van der Waals surface area contributed by atoms with Crippen molar-refractivity contribution in [2.45, 2.75) is 31.6 Å². The van der Waals surface area contributed by atoms with Crippen LogP contribution in [-0.2, 0) is 9.53 Å². The molecule has 1 amide bonds. The zero-order valence-electron chi connectivity index (χ0n) is 14.8. The number of ether oxygens (including phenoxy) is 1. The number of hydrogen-bond donors (Lipinski definition) is 0. The van der Waals surface area contributed by atoms with Gasteiger partial charge in [-0.15, -0.1) is 11.3 Å². The topological polar surface area (TPSA) is 63.9 Å².